The van der Waals surface area contributed by atoms with Crippen LogP contribution in [0.2, 0.25) is 0 Å². The van der Waals surface area contributed by atoms with Crippen LogP contribution in [0.4, 0.5) is 0 Å². The van der Waals surface area contributed by atoms with Gasteiger partial charge < -0.3 is 0 Å². The fourth-order valence-electron chi connectivity index (χ4n) is 14.9. The maximum atomic E-state index is 2.85. The highest BCUT2D eigenvalue weighted by atomic mass is 14.5. The first-order valence-electron chi connectivity index (χ1n) is 23.3. The zero-order valence-corrected chi connectivity index (χ0v) is 32.3. The molecule has 49 heavy (non-hydrogen) atoms. The van der Waals surface area contributed by atoms with Crippen molar-refractivity contribution in [3.63, 3.8) is 0 Å². The van der Waals surface area contributed by atoms with Gasteiger partial charge in [0.25, 0.3) is 0 Å². The average Bonchev–Trinajstić information content (AvgIpc) is 3.19. The highest BCUT2D eigenvalue weighted by Gasteiger charge is 2.43. The third kappa shape index (κ3) is 8.40. The lowest BCUT2D eigenvalue weighted by Gasteiger charge is -2.48. The van der Waals surface area contributed by atoms with Crippen LogP contribution in [0.3, 0.4) is 0 Å². The van der Waals surface area contributed by atoms with Crippen LogP contribution in [-0.4, -0.2) is 0 Å². The van der Waals surface area contributed by atoms with Crippen LogP contribution in [0.1, 0.15) is 216 Å². The van der Waals surface area contributed by atoms with Gasteiger partial charge in [-0.3, -0.25) is 0 Å². The van der Waals surface area contributed by atoms with E-state index < -0.39 is 0 Å². The van der Waals surface area contributed by atoms with Crippen molar-refractivity contribution in [1.29, 1.82) is 0 Å². The summed E-state index contributed by atoms with van der Waals surface area (Å²) < 4.78 is 0. The van der Waals surface area contributed by atoms with Gasteiger partial charge in [-0.2, -0.15) is 0 Å². The molecule has 7 fully saturated rings. The van der Waals surface area contributed by atoms with Crippen LogP contribution in [0.25, 0.3) is 0 Å². The van der Waals surface area contributed by atoms with Gasteiger partial charge in [-0.25, -0.2) is 0 Å². The van der Waals surface area contributed by atoms with Gasteiger partial charge in [-0.15, -0.1) is 0 Å². The van der Waals surface area contributed by atoms with Gasteiger partial charge >= 0.3 is 0 Å². The molecular weight excluding hydrogens is 589 g/mol. The van der Waals surface area contributed by atoms with E-state index in [-0.39, 0.29) is 0 Å². The summed E-state index contributed by atoms with van der Waals surface area (Å²) in [6.45, 7) is 2.57. The summed E-state index contributed by atoms with van der Waals surface area (Å²) in [4.78, 5) is 0. The SMILES string of the molecule is CC1CCC(c2cccc(C3CCC(C4CCCC(C5CCCCC5)C4)CC3C3CCC(C4CCCCC4)CC3)c2)C(C2CCCCC2)C1. The standard InChI is InChI=1S/C49H78/c1-35-23-29-46(48(31-35)39-17-9-4-10-18-39)44-21-12-22-45(33-44)47-30-28-43(42-20-11-19-41(32-42)37-15-7-3-8-16-37)34-49(47)40-26-24-38(25-27-40)36-13-5-2-6-14-36/h12,21-22,33,35-43,46-49H,2-11,13-20,23-32,34H2,1H3. The zero-order valence-electron chi connectivity index (χ0n) is 32.3. The Labute approximate surface area is 304 Å². The summed E-state index contributed by atoms with van der Waals surface area (Å²) in [6.07, 6.45) is 44.5. The highest BCUT2D eigenvalue weighted by molar-refractivity contribution is 5.31. The summed E-state index contributed by atoms with van der Waals surface area (Å²) in [6, 6.07) is 10.6. The van der Waals surface area contributed by atoms with Gasteiger partial charge in [0.1, 0.15) is 0 Å². The monoisotopic (exact) mass is 667 g/mol. The summed E-state index contributed by atoms with van der Waals surface area (Å²) >= 11 is 0. The van der Waals surface area contributed by atoms with Crippen molar-refractivity contribution < 1.29 is 0 Å². The van der Waals surface area contributed by atoms with Gasteiger partial charge in [0.2, 0.25) is 0 Å². The van der Waals surface area contributed by atoms with Crippen molar-refractivity contribution in [3.8, 4) is 0 Å². The first-order chi connectivity index (χ1) is 24.2. The minimum Gasteiger partial charge on any atom is -0.0625 e. The predicted octanol–water partition coefficient (Wildman–Crippen LogP) is 15.1. The smallest absolute Gasteiger partial charge is 0.0131 e. The molecule has 1 aromatic rings. The molecule has 274 valence electrons. The molecule has 0 radical (unpaired) electrons. The molecule has 8 unspecified atom stereocenters. The molecule has 0 bridgehead atoms. The van der Waals surface area contributed by atoms with Crippen LogP contribution in [0.5, 0.6) is 0 Å². The summed E-state index contributed by atoms with van der Waals surface area (Å²) in [5.41, 5.74) is 3.56. The van der Waals surface area contributed by atoms with Crippen LogP contribution >= 0.6 is 0 Å². The Bertz CT molecular complexity index is 1120. The van der Waals surface area contributed by atoms with Gasteiger partial charge in [0, 0.05) is 0 Å². The minimum absolute atomic E-state index is 0.832. The van der Waals surface area contributed by atoms with E-state index in [0.717, 1.165) is 76.9 Å². The Morgan fingerprint density at radius 1 is 0.347 bits per heavy atom. The fraction of sp³-hybridized carbons (Fsp3) is 0.878. The van der Waals surface area contributed by atoms with Crippen LogP contribution in [-0.2, 0) is 0 Å². The molecule has 8 rings (SSSR count). The molecule has 7 aliphatic rings. The molecule has 0 saturated heterocycles. The average molecular weight is 667 g/mol. The quantitative estimate of drug-likeness (QED) is 0.272. The maximum absolute atomic E-state index is 2.85. The summed E-state index contributed by atoms with van der Waals surface area (Å²) in [5, 5.41) is 0. The Morgan fingerprint density at radius 2 is 0.755 bits per heavy atom. The second-order valence-electron chi connectivity index (χ2n) is 20.3. The topological polar surface area (TPSA) is 0 Å². The normalized spacial score (nSPS) is 41.0. The van der Waals surface area contributed by atoms with Crippen molar-refractivity contribution in [2.75, 3.05) is 0 Å². The lowest BCUT2D eigenvalue weighted by Crippen LogP contribution is -2.37. The second-order valence-corrected chi connectivity index (χ2v) is 20.3. The van der Waals surface area contributed by atoms with E-state index in [1.807, 2.05) is 0 Å². The van der Waals surface area contributed by atoms with E-state index in [2.05, 4.69) is 31.2 Å². The number of benzene rings is 1. The van der Waals surface area contributed by atoms with Crippen molar-refractivity contribution in [2.24, 2.45) is 65.1 Å². The molecule has 8 atom stereocenters. The Hall–Kier alpha value is -0.780. The van der Waals surface area contributed by atoms with Crippen LogP contribution < -0.4 is 0 Å². The van der Waals surface area contributed by atoms with E-state index in [1.165, 1.54) is 103 Å². The molecule has 7 saturated carbocycles. The van der Waals surface area contributed by atoms with Crippen LogP contribution in [0, 0.1) is 65.1 Å². The molecule has 0 amide bonds. The molecule has 0 N–H and O–H groups in total. The lowest BCUT2D eigenvalue weighted by molar-refractivity contribution is 0.0542. The molecule has 0 spiro atoms. The van der Waals surface area contributed by atoms with E-state index >= 15 is 0 Å². The maximum Gasteiger partial charge on any atom is -0.0131 e. The predicted molar refractivity (Wildman–Crippen MR) is 210 cm³/mol. The Morgan fingerprint density at radius 3 is 1.39 bits per heavy atom. The zero-order chi connectivity index (χ0) is 33.0. The van der Waals surface area contributed by atoms with E-state index in [4.69, 9.17) is 0 Å². The Kier molecular flexibility index (Phi) is 12.2. The summed E-state index contributed by atoms with van der Waals surface area (Å²) in [5.74, 6) is 12.9. The molecular formula is C49H78. The minimum atomic E-state index is 0.832. The third-order valence-electron chi connectivity index (χ3n) is 17.6. The van der Waals surface area contributed by atoms with Crippen molar-refractivity contribution in [2.45, 2.75) is 205 Å². The van der Waals surface area contributed by atoms with Crippen molar-refractivity contribution >= 4 is 0 Å². The first-order valence-corrected chi connectivity index (χ1v) is 23.3. The number of hydrogen-bond donors (Lipinski definition) is 0. The molecule has 7 aliphatic carbocycles. The Balaban J connectivity index is 1.00. The van der Waals surface area contributed by atoms with E-state index in [0.29, 0.717) is 0 Å². The molecule has 0 aliphatic heterocycles. The molecule has 0 aromatic heterocycles. The second kappa shape index (κ2) is 16.9. The van der Waals surface area contributed by atoms with Gasteiger partial charge in [-0.05, 0) is 152 Å². The van der Waals surface area contributed by atoms with E-state index in [1.54, 1.807) is 94.6 Å². The third-order valence-corrected chi connectivity index (χ3v) is 17.6. The van der Waals surface area contributed by atoms with E-state index in [9.17, 15) is 0 Å². The lowest BCUT2D eigenvalue weighted by atomic mass is 9.57. The van der Waals surface area contributed by atoms with Gasteiger partial charge in [0.05, 0.1) is 0 Å². The highest BCUT2D eigenvalue weighted by Crippen LogP contribution is 2.55. The molecule has 0 heterocycles. The molecule has 1 aromatic carbocycles. The summed E-state index contributed by atoms with van der Waals surface area (Å²) in [7, 11) is 0. The first kappa shape index (κ1) is 35.3. The number of rotatable bonds is 7. The van der Waals surface area contributed by atoms with Crippen LogP contribution in [0.15, 0.2) is 24.3 Å². The largest absolute Gasteiger partial charge is 0.0625 e. The molecule has 0 heteroatoms. The van der Waals surface area contributed by atoms with Crippen molar-refractivity contribution in [3.05, 3.63) is 35.4 Å². The van der Waals surface area contributed by atoms with Gasteiger partial charge in [0.15, 0.2) is 0 Å². The number of hydrogen-bond acceptors (Lipinski definition) is 0. The van der Waals surface area contributed by atoms with Gasteiger partial charge in [-0.1, -0.05) is 153 Å². The molecule has 0 nitrogen and oxygen atoms in total. The fourth-order valence-corrected chi connectivity index (χ4v) is 14.9. The van der Waals surface area contributed by atoms with Crippen molar-refractivity contribution in [1.82, 2.24) is 0 Å².